The Morgan fingerprint density at radius 2 is 2.11 bits per heavy atom. The van der Waals surface area contributed by atoms with Crippen molar-refractivity contribution in [3.05, 3.63) is 0 Å². The molecule has 0 bridgehead atoms. The molecule has 3 N–H and O–H groups in total. The molecule has 0 spiro atoms. The highest BCUT2D eigenvalue weighted by molar-refractivity contribution is 8.00. The Balaban J connectivity index is 2.59. The van der Waals surface area contributed by atoms with E-state index in [0.29, 0.717) is 5.92 Å². The molecule has 1 saturated carbocycles. The topological polar surface area (TPSA) is 55.1 Å². The van der Waals surface area contributed by atoms with Gasteiger partial charge in [-0.2, -0.15) is 11.8 Å². The molecule has 19 heavy (non-hydrogen) atoms. The third kappa shape index (κ3) is 4.12. The maximum absolute atomic E-state index is 12.4. The quantitative estimate of drug-likeness (QED) is 0.789. The summed E-state index contributed by atoms with van der Waals surface area (Å²) in [5.41, 5.74) is 5.69. The number of carbonyl (C=O) groups excluding carboxylic acids is 1. The predicted molar refractivity (Wildman–Crippen MR) is 84.4 cm³/mol. The lowest BCUT2D eigenvalue weighted by Crippen LogP contribution is -2.58. The second kappa shape index (κ2) is 6.98. The summed E-state index contributed by atoms with van der Waals surface area (Å²) in [6.45, 7) is 7.30. The summed E-state index contributed by atoms with van der Waals surface area (Å²) >= 11 is 1.85. The Bertz CT molecular complexity index is 296. The van der Waals surface area contributed by atoms with Crippen LogP contribution in [0.25, 0.3) is 0 Å². The number of amides is 1. The lowest BCUT2D eigenvalue weighted by atomic mass is 9.76. The number of nitrogens with two attached hydrogens (primary N) is 1. The minimum absolute atomic E-state index is 0.0550. The smallest absolute Gasteiger partial charge is 0.240 e. The van der Waals surface area contributed by atoms with Crippen molar-refractivity contribution >= 4 is 17.7 Å². The Labute approximate surface area is 122 Å². The molecule has 4 heteroatoms. The second-order valence-corrected chi connectivity index (χ2v) is 7.41. The van der Waals surface area contributed by atoms with E-state index in [9.17, 15) is 4.79 Å². The molecule has 0 aromatic rings. The highest BCUT2D eigenvalue weighted by Gasteiger charge is 2.38. The van der Waals surface area contributed by atoms with Gasteiger partial charge in [-0.15, -0.1) is 0 Å². The third-order valence-electron chi connectivity index (χ3n) is 4.78. The van der Waals surface area contributed by atoms with Crippen molar-refractivity contribution in [2.24, 2.45) is 11.7 Å². The SMILES string of the molecule is CCC(CC)(CNC(=O)C1(N)CCCC(C)C1)SC. The average molecular weight is 286 g/mol. The largest absolute Gasteiger partial charge is 0.353 e. The van der Waals surface area contributed by atoms with E-state index in [2.05, 4.69) is 32.3 Å². The van der Waals surface area contributed by atoms with Gasteiger partial charge in [-0.25, -0.2) is 0 Å². The molecule has 1 fully saturated rings. The lowest BCUT2D eigenvalue weighted by Gasteiger charge is -2.37. The fourth-order valence-electron chi connectivity index (χ4n) is 3.08. The normalized spacial score (nSPS) is 28.2. The van der Waals surface area contributed by atoms with Gasteiger partial charge >= 0.3 is 0 Å². The lowest BCUT2D eigenvalue weighted by molar-refractivity contribution is -0.128. The maximum atomic E-state index is 12.4. The minimum atomic E-state index is -0.636. The zero-order valence-electron chi connectivity index (χ0n) is 12.9. The van der Waals surface area contributed by atoms with Gasteiger partial charge in [0.05, 0.1) is 5.54 Å². The van der Waals surface area contributed by atoms with E-state index in [1.54, 1.807) is 0 Å². The number of hydrogen-bond acceptors (Lipinski definition) is 3. The van der Waals surface area contributed by atoms with Crippen molar-refractivity contribution in [3.63, 3.8) is 0 Å². The fourth-order valence-corrected chi connectivity index (χ4v) is 3.87. The molecule has 112 valence electrons. The first kappa shape index (κ1) is 16.8. The number of nitrogens with one attached hydrogen (secondary N) is 1. The first-order chi connectivity index (χ1) is 8.91. The van der Waals surface area contributed by atoms with Crippen molar-refractivity contribution in [1.29, 1.82) is 0 Å². The highest BCUT2D eigenvalue weighted by Crippen LogP contribution is 2.32. The maximum Gasteiger partial charge on any atom is 0.240 e. The monoisotopic (exact) mass is 286 g/mol. The van der Waals surface area contributed by atoms with Gasteiger partial charge in [-0.05, 0) is 37.9 Å². The number of rotatable bonds is 6. The number of thioether (sulfide) groups is 1. The van der Waals surface area contributed by atoms with Crippen molar-refractivity contribution in [3.8, 4) is 0 Å². The Morgan fingerprint density at radius 3 is 2.58 bits per heavy atom. The Hall–Kier alpha value is -0.220. The van der Waals surface area contributed by atoms with Crippen LogP contribution in [0.2, 0.25) is 0 Å². The van der Waals surface area contributed by atoms with Gasteiger partial charge in [0.15, 0.2) is 0 Å². The standard InChI is InChI=1S/C15H30N2OS/c1-5-14(6-2,19-4)11-17-13(18)15(16)9-7-8-12(3)10-15/h12H,5-11,16H2,1-4H3,(H,17,18). The van der Waals surface area contributed by atoms with Crippen LogP contribution < -0.4 is 11.1 Å². The summed E-state index contributed by atoms with van der Waals surface area (Å²) < 4.78 is 0.159. The van der Waals surface area contributed by atoms with Crippen LogP contribution in [0, 0.1) is 5.92 Å². The molecule has 2 unspecified atom stereocenters. The third-order valence-corrected chi connectivity index (χ3v) is 6.37. The van der Waals surface area contributed by atoms with Crippen LogP contribution in [0.15, 0.2) is 0 Å². The van der Waals surface area contributed by atoms with E-state index in [1.807, 2.05) is 11.8 Å². The van der Waals surface area contributed by atoms with Gasteiger partial charge in [-0.3, -0.25) is 4.79 Å². The molecule has 0 saturated heterocycles. The van der Waals surface area contributed by atoms with E-state index >= 15 is 0 Å². The van der Waals surface area contributed by atoms with E-state index in [0.717, 1.165) is 38.6 Å². The molecule has 3 nitrogen and oxygen atoms in total. The summed E-state index contributed by atoms with van der Waals surface area (Å²) in [7, 11) is 0. The predicted octanol–water partition coefficient (Wildman–Crippen LogP) is 2.93. The summed E-state index contributed by atoms with van der Waals surface area (Å²) in [6.07, 6.45) is 8.18. The Morgan fingerprint density at radius 1 is 1.47 bits per heavy atom. The van der Waals surface area contributed by atoms with E-state index in [1.165, 1.54) is 6.42 Å². The molecule has 1 amide bonds. The van der Waals surface area contributed by atoms with Crippen LogP contribution in [-0.2, 0) is 4.79 Å². The van der Waals surface area contributed by atoms with Crippen LogP contribution in [0.3, 0.4) is 0 Å². The molecule has 0 heterocycles. The van der Waals surface area contributed by atoms with Crippen molar-refractivity contribution in [2.45, 2.75) is 69.6 Å². The van der Waals surface area contributed by atoms with E-state index in [4.69, 9.17) is 5.73 Å². The molecule has 0 aromatic carbocycles. The van der Waals surface area contributed by atoms with Crippen LogP contribution in [0.1, 0.15) is 59.3 Å². The van der Waals surface area contributed by atoms with Gasteiger partial charge in [-0.1, -0.05) is 33.6 Å². The van der Waals surface area contributed by atoms with Crippen LogP contribution >= 0.6 is 11.8 Å². The van der Waals surface area contributed by atoms with Crippen molar-refractivity contribution in [1.82, 2.24) is 5.32 Å². The number of carbonyl (C=O) groups is 1. The zero-order valence-corrected chi connectivity index (χ0v) is 13.7. The van der Waals surface area contributed by atoms with Gasteiger partial charge < -0.3 is 11.1 Å². The zero-order chi connectivity index (χ0) is 14.5. The average Bonchev–Trinajstić information content (AvgIpc) is 2.40. The summed E-state index contributed by atoms with van der Waals surface area (Å²) in [4.78, 5) is 12.4. The van der Waals surface area contributed by atoms with Gasteiger partial charge in [0.2, 0.25) is 5.91 Å². The molecule has 1 aliphatic rings. The molecular formula is C15H30N2OS. The summed E-state index contributed by atoms with van der Waals surface area (Å²) in [5.74, 6) is 0.617. The van der Waals surface area contributed by atoms with Crippen LogP contribution in [-0.4, -0.2) is 29.0 Å². The molecule has 1 aliphatic carbocycles. The molecule has 1 rings (SSSR count). The van der Waals surface area contributed by atoms with Crippen molar-refractivity contribution < 1.29 is 4.79 Å². The molecule has 0 aliphatic heterocycles. The Kier molecular flexibility index (Phi) is 6.18. The van der Waals surface area contributed by atoms with Gasteiger partial charge in [0.25, 0.3) is 0 Å². The highest BCUT2D eigenvalue weighted by atomic mass is 32.2. The van der Waals surface area contributed by atoms with E-state index in [-0.39, 0.29) is 10.7 Å². The van der Waals surface area contributed by atoms with E-state index < -0.39 is 5.54 Å². The summed E-state index contributed by atoms with van der Waals surface area (Å²) in [6, 6.07) is 0. The van der Waals surface area contributed by atoms with Crippen molar-refractivity contribution in [2.75, 3.05) is 12.8 Å². The second-order valence-electron chi connectivity index (χ2n) is 6.13. The molecular weight excluding hydrogens is 256 g/mol. The number of hydrogen-bond donors (Lipinski definition) is 2. The molecule has 2 atom stereocenters. The minimum Gasteiger partial charge on any atom is -0.353 e. The van der Waals surface area contributed by atoms with Crippen LogP contribution in [0.4, 0.5) is 0 Å². The summed E-state index contributed by atoms with van der Waals surface area (Å²) in [5, 5.41) is 3.12. The van der Waals surface area contributed by atoms with Gasteiger partial charge in [0.1, 0.15) is 0 Å². The fraction of sp³-hybridized carbons (Fsp3) is 0.933. The van der Waals surface area contributed by atoms with Gasteiger partial charge in [0, 0.05) is 11.3 Å². The molecule has 0 aromatic heterocycles. The molecule has 0 radical (unpaired) electrons. The first-order valence-corrected chi connectivity index (χ1v) is 8.76. The first-order valence-electron chi connectivity index (χ1n) is 7.53. The van der Waals surface area contributed by atoms with Crippen LogP contribution in [0.5, 0.6) is 0 Å².